The minimum atomic E-state index is -0.635. The molecule has 0 saturated carbocycles. The number of fused-ring (bicyclic) bond motifs is 2. The van der Waals surface area contributed by atoms with Crippen molar-refractivity contribution in [3.8, 4) is 28.1 Å². The van der Waals surface area contributed by atoms with E-state index in [-0.39, 0.29) is 16.8 Å². The fourth-order valence-corrected chi connectivity index (χ4v) is 5.40. The molecule has 216 valence electrons. The van der Waals surface area contributed by atoms with Gasteiger partial charge in [-0.15, -0.1) is 0 Å². The molecule has 7 rings (SSSR count). The number of halogens is 1. The zero-order valence-electron chi connectivity index (χ0n) is 23.6. The number of ether oxygens (including phenoxy) is 1. The Labute approximate surface area is 251 Å². The van der Waals surface area contributed by atoms with Crippen molar-refractivity contribution in [1.82, 2.24) is 19.7 Å². The molecule has 1 unspecified atom stereocenters. The normalized spacial score (nSPS) is 12.0. The Hall–Kier alpha value is -5.83. The molecule has 44 heavy (non-hydrogen) atoms. The Morgan fingerprint density at radius 3 is 2.48 bits per heavy atom. The maximum Gasteiger partial charge on any atom is 0.200 e. The van der Waals surface area contributed by atoms with Gasteiger partial charge in [0.05, 0.1) is 16.3 Å². The Bertz CT molecular complexity index is 2190. The third-order valence-electron chi connectivity index (χ3n) is 7.58. The van der Waals surface area contributed by atoms with E-state index in [1.165, 1.54) is 18.5 Å². The number of nitrogens with two attached hydrogens (primary N) is 1. The highest BCUT2D eigenvalue weighted by molar-refractivity contribution is 5.98. The van der Waals surface area contributed by atoms with Crippen LogP contribution in [0.3, 0.4) is 0 Å². The van der Waals surface area contributed by atoms with Crippen LogP contribution >= 0.6 is 0 Å². The van der Waals surface area contributed by atoms with Crippen molar-refractivity contribution in [1.29, 1.82) is 0 Å². The Morgan fingerprint density at radius 1 is 0.909 bits per heavy atom. The number of hydrogen-bond acceptors (Lipinski definition) is 7. The van der Waals surface area contributed by atoms with Gasteiger partial charge in [-0.3, -0.25) is 4.79 Å². The second kappa shape index (κ2) is 11.1. The first kappa shape index (κ1) is 27.0. The van der Waals surface area contributed by atoms with Crippen molar-refractivity contribution >= 4 is 27.8 Å². The molecule has 0 radical (unpaired) electrons. The summed E-state index contributed by atoms with van der Waals surface area (Å²) in [6.07, 6.45) is 1.37. The van der Waals surface area contributed by atoms with Crippen LogP contribution in [-0.2, 0) is 6.61 Å². The van der Waals surface area contributed by atoms with Crippen molar-refractivity contribution in [3.05, 3.63) is 137 Å². The minimum Gasteiger partial charge on any atom is -0.489 e. The molecular weight excluding hydrogens is 557 g/mol. The summed E-state index contributed by atoms with van der Waals surface area (Å²) < 4.78 is 28.4. The average Bonchev–Trinajstić information content (AvgIpc) is 3.45. The summed E-state index contributed by atoms with van der Waals surface area (Å²) in [6.45, 7) is 2.30. The van der Waals surface area contributed by atoms with E-state index < -0.39 is 11.9 Å². The van der Waals surface area contributed by atoms with Gasteiger partial charge in [0.1, 0.15) is 53.4 Å². The van der Waals surface area contributed by atoms with E-state index in [0.717, 1.165) is 11.1 Å². The Balaban J connectivity index is 1.34. The van der Waals surface area contributed by atoms with Gasteiger partial charge in [-0.1, -0.05) is 54.6 Å². The molecule has 3 aromatic heterocycles. The number of nitrogens with zero attached hydrogens (tertiary/aromatic N) is 4. The van der Waals surface area contributed by atoms with Crippen LogP contribution in [-0.4, -0.2) is 19.7 Å². The molecule has 2 N–H and O–H groups in total. The quantitative estimate of drug-likeness (QED) is 0.212. The predicted molar refractivity (Wildman–Crippen MR) is 168 cm³/mol. The zero-order chi connectivity index (χ0) is 30.2. The third kappa shape index (κ3) is 4.84. The van der Waals surface area contributed by atoms with E-state index in [0.29, 0.717) is 51.4 Å². The largest absolute Gasteiger partial charge is 0.489 e. The molecule has 3 heterocycles. The molecule has 1 atom stereocenters. The van der Waals surface area contributed by atoms with Crippen LogP contribution < -0.4 is 15.9 Å². The van der Waals surface area contributed by atoms with Gasteiger partial charge in [-0.2, -0.15) is 5.10 Å². The standard InChI is InChI=1S/C35H26FN5O3/c1-21(33-29(24-10-7-11-25(36)18-24)32(42)27-12-5-6-13-28(27)44-33)41-35-30(34(37)38-20-39-35)31(40-41)23-14-16-26(17-15-23)43-19-22-8-3-2-4-9-22/h2-18,20-21H,19H2,1H3,(H2,37,38,39). The summed E-state index contributed by atoms with van der Waals surface area (Å²) >= 11 is 0. The van der Waals surface area contributed by atoms with E-state index in [4.69, 9.17) is 20.0 Å². The van der Waals surface area contributed by atoms with Gasteiger partial charge in [-0.05, 0) is 66.6 Å². The second-order valence-electron chi connectivity index (χ2n) is 10.4. The molecule has 0 aliphatic heterocycles. The lowest BCUT2D eigenvalue weighted by Gasteiger charge is -2.17. The number of nitrogen functional groups attached to an aromatic ring is 1. The highest BCUT2D eigenvalue weighted by atomic mass is 19.1. The summed E-state index contributed by atoms with van der Waals surface area (Å²) in [5, 5.41) is 5.90. The molecule has 0 fully saturated rings. The molecule has 0 spiro atoms. The van der Waals surface area contributed by atoms with E-state index in [9.17, 15) is 9.18 Å². The lowest BCUT2D eigenvalue weighted by molar-refractivity contribution is 0.306. The molecular formula is C35H26FN5O3. The van der Waals surface area contributed by atoms with E-state index >= 15 is 0 Å². The first-order valence-electron chi connectivity index (χ1n) is 14.1. The fraction of sp³-hybridized carbons (Fsp3) is 0.0857. The SMILES string of the molecule is CC(c1oc2ccccc2c(=O)c1-c1cccc(F)c1)n1nc(-c2ccc(OCc3ccccc3)cc2)c2c(N)ncnc21. The van der Waals surface area contributed by atoms with Crippen molar-refractivity contribution in [2.24, 2.45) is 0 Å². The van der Waals surface area contributed by atoms with Crippen LogP contribution in [0.5, 0.6) is 5.75 Å². The highest BCUT2D eigenvalue weighted by Gasteiger charge is 2.27. The van der Waals surface area contributed by atoms with Gasteiger partial charge in [0.2, 0.25) is 5.43 Å². The maximum absolute atomic E-state index is 14.4. The first-order chi connectivity index (χ1) is 21.5. The number of hydrogen-bond donors (Lipinski definition) is 1. The molecule has 0 amide bonds. The molecule has 0 bridgehead atoms. The molecule has 9 heteroatoms. The van der Waals surface area contributed by atoms with Crippen LogP contribution in [0.4, 0.5) is 10.2 Å². The lowest BCUT2D eigenvalue weighted by Crippen LogP contribution is -2.16. The predicted octanol–water partition coefficient (Wildman–Crippen LogP) is 7.18. The summed E-state index contributed by atoms with van der Waals surface area (Å²) in [4.78, 5) is 22.6. The maximum atomic E-state index is 14.4. The van der Waals surface area contributed by atoms with Crippen LogP contribution in [0, 0.1) is 5.82 Å². The molecule has 0 aliphatic carbocycles. The number of anilines is 1. The van der Waals surface area contributed by atoms with E-state index in [1.54, 1.807) is 41.1 Å². The first-order valence-corrected chi connectivity index (χ1v) is 14.1. The van der Waals surface area contributed by atoms with Crippen molar-refractivity contribution in [2.45, 2.75) is 19.6 Å². The molecule has 0 saturated heterocycles. The number of rotatable bonds is 7. The average molecular weight is 584 g/mol. The van der Waals surface area contributed by atoms with Gasteiger partial charge in [0.25, 0.3) is 0 Å². The Morgan fingerprint density at radius 2 is 1.68 bits per heavy atom. The number of aromatic nitrogens is 4. The van der Waals surface area contributed by atoms with Crippen molar-refractivity contribution in [3.63, 3.8) is 0 Å². The van der Waals surface area contributed by atoms with Gasteiger partial charge in [0.15, 0.2) is 5.65 Å². The Kier molecular flexibility index (Phi) is 6.82. The lowest BCUT2D eigenvalue weighted by atomic mass is 9.99. The second-order valence-corrected chi connectivity index (χ2v) is 10.4. The molecule has 0 aliphatic rings. The van der Waals surface area contributed by atoms with Crippen LogP contribution in [0.2, 0.25) is 0 Å². The zero-order valence-corrected chi connectivity index (χ0v) is 23.6. The highest BCUT2D eigenvalue weighted by Crippen LogP contribution is 2.36. The third-order valence-corrected chi connectivity index (χ3v) is 7.58. The van der Waals surface area contributed by atoms with Crippen LogP contribution in [0.25, 0.3) is 44.4 Å². The minimum absolute atomic E-state index is 0.253. The molecule has 4 aromatic carbocycles. The number of benzene rings is 4. The summed E-state index contributed by atoms with van der Waals surface area (Å²) in [7, 11) is 0. The number of para-hydroxylation sites is 1. The van der Waals surface area contributed by atoms with E-state index in [1.807, 2.05) is 61.5 Å². The summed E-state index contributed by atoms with van der Waals surface area (Å²) in [5.74, 6) is 0.823. The van der Waals surface area contributed by atoms with Crippen LogP contribution in [0.1, 0.15) is 24.3 Å². The van der Waals surface area contributed by atoms with Crippen molar-refractivity contribution in [2.75, 3.05) is 5.73 Å². The van der Waals surface area contributed by atoms with E-state index in [2.05, 4.69) is 9.97 Å². The molecule has 7 aromatic rings. The van der Waals surface area contributed by atoms with Crippen molar-refractivity contribution < 1.29 is 13.5 Å². The van der Waals surface area contributed by atoms with Gasteiger partial charge < -0.3 is 14.9 Å². The fourth-order valence-electron chi connectivity index (χ4n) is 5.40. The molecule has 8 nitrogen and oxygen atoms in total. The smallest absolute Gasteiger partial charge is 0.200 e. The summed E-state index contributed by atoms with van der Waals surface area (Å²) in [5.41, 5.74) is 10.1. The van der Waals surface area contributed by atoms with Gasteiger partial charge >= 0.3 is 0 Å². The van der Waals surface area contributed by atoms with Gasteiger partial charge in [-0.25, -0.2) is 19.0 Å². The van der Waals surface area contributed by atoms with Gasteiger partial charge in [0, 0.05) is 5.56 Å². The topological polar surface area (TPSA) is 109 Å². The van der Waals surface area contributed by atoms with Crippen LogP contribution in [0.15, 0.2) is 119 Å². The monoisotopic (exact) mass is 583 g/mol. The summed E-state index contributed by atoms with van der Waals surface area (Å²) in [6, 6.07) is 29.7.